The quantitative estimate of drug-likeness (QED) is 0.503. The molecule has 0 radical (unpaired) electrons. The zero-order valence-electron chi connectivity index (χ0n) is 11.9. The maximum absolute atomic E-state index is 12.2. The van der Waals surface area contributed by atoms with Crippen molar-refractivity contribution in [1.82, 2.24) is 5.32 Å². The lowest BCUT2D eigenvalue weighted by Gasteiger charge is -2.26. The normalized spacial score (nSPS) is 17.3. The van der Waals surface area contributed by atoms with Gasteiger partial charge in [0, 0.05) is 19.8 Å². The van der Waals surface area contributed by atoms with E-state index in [2.05, 4.69) is 12.2 Å². The van der Waals surface area contributed by atoms with Gasteiger partial charge in [-0.15, -0.1) is 0 Å². The molecule has 0 saturated heterocycles. The Balaban J connectivity index is 2.21. The lowest BCUT2D eigenvalue weighted by Crippen LogP contribution is -2.47. The third kappa shape index (κ3) is 4.73. The van der Waals surface area contributed by atoms with Crippen LogP contribution in [0.1, 0.15) is 51.9 Å². The molecule has 1 saturated carbocycles. The molecule has 0 bridgehead atoms. The van der Waals surface area contributed by atoms with Crippen LogP contribution in [0.5, 0.6) is 0 Å². The summed E-state index contributed by atoms with van der Waals surface area (Å²) < 4.78 is 5.45. The van der Waals surface area contributed by atoms with E-state index in [0.717, 1.165) is 51.6 Å². The highest BCUT2D eigenvalue weighted by atomic mass is 32.1. The van der Waals surface area contributed by atoms with E-state index in [1.54, 1.807) is 0 Å². The van der Waals surface area contributed by atoms with E-state index in [9.17, 15) is 4.79 Å². The molecule has 0 aromatic heterocycles. The number of hydrogen-bond donors (Lipinski definition) is 2. The lowest BCUT2D eigenvalue weighted by molar-refractivity contribution is -0.127. The van der Waals surface area contributed by atoms with Gasteiger partial charge in [0.25, 0.3) is 0 Å². The van der Waals surface area contributed by atoms with Gasteiger partial charge in [-0.05, 0) is 25.7 Å². The van der Waals surface area contributed by atoms with Crippen LogP contribution in [0.25, 0.3) is 0 Å². The summed E-state index contributed by atoms with van der Waals surface area (Å²) in [5.74, 6) is 0.00561. The second kappa shape index (κ2) is 8.48. The van der Waals surface area contributed by atoms with Crippen molar-refractivity contribution < 1.29 is 9.53 Å². The van der Waals surface area contributed by atoms with Crippen LogP contribution in [0.3, 0.4) is 0 Å². The fourth-order valence-electron chi connectivity index (χ4n) is 2.46. The van der Waals surface area contributed by atoms with Crippen LogP contribution < -0.4 is 11.1 Å². The molecule has 0 aromatic rings. The first-order valence-electron chi connectivity index (χ1n) is 7.29. The van der Waals surface area contributed by atoms with Crippen molar-refractivity contribution in [1.29, 1.82) is 0 Å². The van der Waals surface area contributed by atoms with Gasteiger partial charge in [0.2, 0.25) is 5.91 Å². The number of nitrogens with one attached hydrogen (secondary N) is 1. The van der Waals surface area contributed by atoms with E-state index in [-0.39, 0.29) is 5.91 Å². The third-order valence-corrected chi connectivity index (χ3v) is 4.15. The number of amides is 1. The molecule has 0 atom stereocenters. The smallest absolute Gasteiger partial charge is 0.233 e. The molecule has 1 fully saturated rings. The summed E-state index contributed by atoms with van der Waals surface area (Å²) in [6, 6.07) is 0. The van der Waals surface area contributed by atoms with Gasteiger partial charge < -0.3 is 15.8 Å². The molecule has 0 aliphatic heterocycles. The predicted octanol–water partition coefficient (Wildman–Crippen LogP) is 2.16. The van der Waals surface area contributed by atoms with Crippen molar-refractivity contribution >= 4 is 23.1 Å². The molecule has 1 aliphatic carbocycles. The van der Waals surface area contributed by atoms with Gasteiger partial charge in [0.15, 0.2) is 0 Å². The van der Waals surface area contributed by atoms with Crippen LogP contribution in [0.4, 0.5) is 0 Å². The maximum atomic E-state index is 12.2. The highest BCUT2D eigenvalue weighted by molar-refractivity contribution is 7.80. The number of carbonyl (C=O) groups is 1. The molecule has 0 spiro atoms. The number of nitrogens with two attached hydrogens (primary N) is 1. The van der Waals surface area contributed by atoms with Crippen molar-refractivity contribution in [3.63, 3.8) is 0 Å². The summed E-state index contributed by atoms with van der Waals surface area (Å²) in [4.78, 5) is 12.6. The standard InChI is InChI=1S/C14H26N2O2S/c1-2-3-10-18-11-6-9-16-13(17)14(12(15)19)7-4-5-8-14/h2-11H2,1H3,(H2,15,19)(H,16,17). The molecule has 0 unspecified atom stereocenters. The Bertz CT molecular complexity index is 302. The largest absolute Gasteiger partial charge is 0.392 e. The Morgan fingerprint density at radius 1 is 1.32 bits per heavy atom. The third-order valence-electron chi connectivity index (χ3n) is 3.76. The van der Waals surface area contributed by atoms with Crippen LogP contribution >= 0.6 is 12.2 Å². The fraction of sp³-hybridized carbons (Fsp3) is 0.857. The average molecular weight is 286 g/mol. The summed E-state index contributed by atoms with van der Waals surface area (Å²) in [5, 5.41) is 2.95. The summed E-state index contributed by atoms with van der Waals surface area (Å²) >= 11 is 5.09. The van der Waals surface area contributed by atoms with Gasteiger partial charge in [-0.1, -0.05) is 38.4 Å². The molecule has 5 heteroatoms. The van der Waals surface area contributed by atoms with E-state index in [1.807, 2.05) is 0 Å². The van der Waals surface area contributed by atoms with E-state index in [4.69, 9.17) is 22.7 Å². The molecule has 1 rings (SSSR count). The van der Waals surface area contributed by atoms with Crippen LogP contribution in [0.15, 0.2) is 0 Å². The highest BCUT2D eigenvalue weighted by Gasteiger charge is 2.43. The lowest BCUT2D eigenvalue weighted by atomic mass is 9.85. The summed E-state index contributed by atoms with van der Waals surface area (Å²) in [6.45, 7) is 4.28. The molecule has 1 amide bonds. The van der Waals surface area contributed by atoms with Crippen molar-refractivity contribution in [3.8, 4) is 0 Å². The first-order valence-corrected chi connectivity index (χ1v) is 7.70. The molecule has 3 N–H and O–H groups in total. The van der Waals surface area contributed by atoms with E-state index in [1.165, 1.54) is 0 Å². The molecular formula is C14H26N2O2S. The first-order chi connectivity index (χ1) is 9.13. The second-order valence-corrected chi connectivity index (χ2v) is 5.67. The minimum Gasteiger partial charge on any atom is -0.392 e. The van der Waals surface area contributed by atoms with Gasteiger partial charge in [0.05, 0.1) is 10.4 Å². The van der Waals surface area contributed by atoms with Crippen LogP contribution in [-0.2, 0) is 9.53 Å². The van der Waals surface area contributed by atoms with E-state index < -0.39 is 5.41 Å². The van der Waals surface area contributed by atoms with Crippen molar-refractivity contribution in [2.75, 3.05) is 19.8 Å². The number of thiocarbonyl (C=S) groups is 1. The zero-order valence-corrected chi connectivity index (χ0v) is 12.7. The zero-order chi connectivity index (χ0) is 14.1. The van der Waals surface area contributed by atoms with Crippen LogP contribution in [0, 0.1) is 5.41 Å². The van der Waals surface area contributed by atoms with Crippen molar-refractivity contribution in [2.24, 2.45) is 11.1 Å². The molecule has 19 heavy (non-hydrogen) atoms. The molecule has 0 heterocycles. The van der Waals surface area contributed by atoms with Crippen LogP contribution in [0.2, 0.25) is 0 Å². The Hall–Kier alpha value is -0.680. The van der Waals surface area contributed by atoms with Gasteiger partial charge in [-0.2, -0.15) is 0 Å². The van der Waals surface area contributed by atoms with Crippen LogP contribution in [-0.4, -0.2) is 30.7 Å². The molecule has 4 nitrogen and oxygen atoms in total. The first kappa shape index (κ1) is 16.4. The van der Waals surface area contributed by atoms with Crippen molar-refractivity contribution in [2.45, 2.75) is 51.9 Å². The number of ether oxygens (including phenoxy) is 1. The summed E-state index contributed by atoms with van der Waals surface area (Å²) in [7, 11) is 0. The SMILES string of the molecule is CCCCOCCCNC(=O)C1(C(N)=S)CCCC1. The molecule has 1 aliphatic rings. The number of hydrogen-bond acceptors (Lipinski definition) is 3. The fourth-order valence-corrected chi connectivity index (χ4v) is 2.75. The maximum Gasteiger partial charge on any atom is 0.233 e. The highest BCUT2D eigenvalue weighted by Crippen LogP contribution is 2.38. The minimum atomic E-state index is -0.585. The number of rotatable bonds is 9. The van der Waals surface area contributed by atoms with Crippen molar-refractivity contribution in [3.05, 3.63) is 0 Å². The summed E-state index contributed by atoms with van der Waals surface area (Å²) in [5.41, 5.74) is 5.18. The summed E-state index contributed by atoms with van der Waals surface area (Å²) in [6.07, 6.45) is 6.73. The molecular weight excluding hydrogens is 260 g/mol. The van der Waals surface area contributed by atoms with E-state index in [0.29, 0.717) is 18.1 Å². The topological polar surface area (TPSA) is 64.3 Å². The van der Waals surface area contributed by atoms with Gasteiger partial charge in [-0.3, -0.25) is 4.79 Å². The van der Waals surface area contributed by atoms with E-state index >= 15 is 0 Å². The number of carbonyl (C=O) groups excluding carboxylic acids is 1. The Labute approximate surface area is 121 Å². The Kier molecular flexibility index (Phi) is 7.31. The van der Waals surface area contributed by atoms with Gasteiger partial charge in [0.1, 0.15) is 0 Å². The number of unbranched alkanes of at least 4 members (excludes halogenated alkanes) is 1. The monoisotopic (exact) mass is 286 g/mol. The Morgan fingerprint density at radius 3 is 2.53 bits per heavy atom. The average Bonchev–Trinajstić information content (AvgIpc) is 2.88. The second-order valence-electron chi connectivity index (χ2n) is 5.23. The molecule has 0 aromatic carbocycles. The minimum absolute atomic E-state index is 0.00561. The van der Waals surface area contributed by atoms with Gasteiger partial charge in [-0.25, -0.2) is 0 Å². The Morgan fingerprint density at radius 2 is 1.95 bits per heavy atom. The predicted molar refractivity (Wildman–Crippen MR) is 81.0 cm³/mol. The van der Waals surface area contributed by atoms with Gasteiger partial charge >= 0.3 is 0 Å². The molecule has 110 valence electrons.